The van der Waals surface area contributed by atoms with E-state index in [1.54, 1.807) is 0 Å². The van der Waals surface area contributed by atoms with Gasteiger partial charge in [0.05, 0.1) is 0 Å². The zero-order chi connectivity index (χ0) is 9.97. The number of aromatic nitrogens is 1. The molecule has 0 radical (unpaired) electrons. The predicted molar refractivity (Wildman–Crippen MR) is 53.1 cm³/mol. The lowest BCUT2D eigenvalue weighted by Gasteiger charge is -1.99. The number of nitrogens with zero attached hydrogens (tertiary/aromatic N) is 1. The number of terminal acetylenes is 1. The van der Waals surface area contributed by atoms with Gasteiger partial charge in [0.2, 0.25) is 0 Å². The summed E-state index contributed by atoms with van der Waals surface area (Å²) >= 11 is 0. The van der Waals surface area contributed by atoms with Crippen molar-refractivity contribution in [3.63, 3.8) is 0 Å². The number of aryl methyl sites for hydroxylation is 1. The number of hydrogen-bond acceptors (Lipinski definition) is 3. The van der Waals surface area contributed by atoms with E-state index in [9.17, 15) is 0 Å². The Morgan fingerprint density at radius 2 is 2.43 bits per heavy atom. The summed E-state index contributed by atoms with van der Waals surface area (Å²) in [6, 6.07) is 5.44. The Labute approximate surface area is 81.7 Å². The number of rotatable bonds is 2. The maximum absolute atomic E-state index is 5.32. The van der Waals surface area contributed by atoms with E-state index in [4.69, 9.17) is 15.6 Å². The fourth-order valence-electron chi connectivity index (χ4n) is 1.24. The Morgan fingerprint density at radius 3 is 3.21 bits per heavy atom. The first-order valence-corrected chi connectivity index (χ1v) is 4.23. The van der Waals surface area contributed by atoms with Crippen molar-refractivity contribution in [2.75, 3.05) is 6.61 Å². The van der Waals surface area contributed by atoms with Crippen LogP contribution in [0.3, 0.4) is 0 Å². The summed E-state index contributed by atoms with van der Waals surface area (Å²) in [5, 5.41) is 0. The number of oxazole rings is 1. The molecule has 0 saturated carbocycles. The summed E-state index contributed by atoms with van der Waals surface area (Å²) in [5.41, 5.74) is 1.55. The second kappa shape index (κ2) is 3.43. The monoisotopic (exact) mass is 187 g/mol. The highest BCUT2D eigenvalue weighted by atomic mass is 16.5. The molecule has 2 rings (SSSR count). The first-order chi connectivity index (χ1) is 6.79. The van der Waals surface area contributed by atoms with Gasteiger partial charge in [0.15, 0.2) is 11.5 Å². The largest absolute Gasteiger partial charge is 0.481 e. The summed E-state index contributed by atoms with van der Waals surface area (Å²) in [4.78, 5) is 4.18. The molecule has 0 aliphatic carbocycles. The van der Waals surface area contributed by atoms with Crippen LogP contribution in [0.1, 0.15) is 5.89 Å². The molecular formula is C11H9NO2. The van der Waals surface area contributed by atoms with E-state index in [2.05, 4.69) is 10.9 Å². The molecule has 2 aromatic rings. The molecule has 0 unspecified atom stereocenters. The third-order valence-corrected chi connectivity index (χ3v) is 1.79. The number of fused-ring (bicyclic) bond motifs is 1. The zero-order valence-electron chi connectivity index (χ0n) is 7.78. The van der Waals surface area contributed by atoms with Crippen LogP contribution >= 0.6 is 0 Å². The van der Waals surface area contributed by atoms with Crippen molar-refractivity contribution in [1.82, 2.24) is 4.98 Å². The second-order valence-electron chi connectivity index (χ2n) is 2.86. The first kappa shape index (κ1) is 8.64. The van der Waals surface area contributed by atoms with Gasteiger partial charge in [0.25, 0.3) is 0 Å². The summed E-state index contributed by atoms with van der Waals surface area (Å²) in [7, 11) is 0. The van der Waals surface area contributed by atoms with Gasteiger partial charge in [-0.1, -0.05) is 5.92 Å². The summed E-state index contributed by atoms with van der Waals surface area (Å²) in [5.74, 6) is 3.76. The lowest BCUT2D eigenvalue weighted by molar-refractivity contribution is 0.371. The fraction of sp³-hybridized carbons (Fsp3) is 0.182. The van der Waals surface area contributed by atoms with Crippen molar-refractivity contribution in [3.8, 4) is 18.1 Å². The standard InChI is InChI=1S/C11H9NO2/c1-3-6-13-9-4-5-11-10(7-9)12-8(2)14-11/h1,4-5,7H,6H2,2H3. The van der Waals surface area contributed by atoms with E-state index in [0.717, 1.165) is 11.1 Å². The third-order valence-electron chi connectivity index (χ3n) is 1.79. The highest BCUT2D eigenvalue weighted by molar-refractivity contribution is 5.74. The van der Waals surface area contributed by atoms with E-state index < -0.39 is 0 Å². The quantitative estimate of drug-likeness (QED) is 0.676. The molecule has 14 heavy (non-hydrogen) atoms. The van der Waals surface area contributed by atoms with E-state index in [1.807, 2.05) is 25.1 Å². The topological polar surface area (TPSA) is 35.3 Å². The van der Waals surface area contributed by atoms with Gasteiger partial charge in [0.1, 0.15) is 17.9 Å². The molecule has 3 heteroatoms. The van der Waals surface area contributed by atoms with Gasteiger partial charge in [0, 0.05) is 13.0 Å². The SMILES string of the molecule is C#CCOc1ccc2oc(C)nc2c1. The summed E-state index contributed by atoms with van der Waals surface area (Å²) in [6.07, 6.45) is 5.08. The van der Waals surface area contributed by atoms with Crippen LogP contribution in [0.25, 0.3) is 11.1 Å². The summed E-state index contributed by atoms with van der Waals surface area (Å²) < 4.78 is 10.6. The van der Waals surface area contributed by atoms with Crippen LogP contribution in [0.2, 0.25) is 0 Å². The van der Waals surface area contributed by atoms with Crippen LogP contribution < -0.4 is 4.74 Å². The third kappa shape index (κ3) is 1.55. The molecule has 1 aromatic heterocycles. The maximum Gasteiger partial charge on any atom is 0.192 e. The zero-order valence-corrected chi connectivity index (χ0v) is 7.78. The van der Waals surface area contributed by atoms with Crippen LogP contribution in [0.15, 0.2) is 22.6 Å². The van der Waals surface area contributed by atoms with Crippen LogP contribution in [0.4, 0.5) is 0 Å². The predicted octanol–water partition coefficient (Wildman–Crippen LogP) is 2.15. The Hall–Kier alpha value is -1.95. The second-order valence-corrected chi connectivity index (χ2v) is 2.86. The van der Waals surface area contributed by atoms with Gasteiger partial charge in [-0.3, -0.25) is 0 Å². The number of ether oxygens (including phenoxy) is 1. The molecule has 3 nitrogen and oxygen atoms in total. The Morgan fingerprint density at radius 1 is 1.57 bits per heavy atom. The molecule has 1 heterocycles. The van der Waals surface area contributed by atoms with Crippen LogP contribution in [0.5, 0.6) is 5.75 Å². The average Bonchev–Trinajstić information content (AvgIpc) is 2.54. The Kier molecular flexibility index (Phi) is 2.11. The van der Waals surface area contributed by atoms with Crippen molar-refractivity contribution in [1.29, 1.82) is 0 Å². The van der Waals surface area contributed by atoms with Crippen molar-refractivity contribution in [2.24, 2.45) is 0 Å². The molecule has 0 atom stereocenters. The fourth-order valence-corrected chi connectivity index (χ4v) is 1.24. The van der Waals surface area contributed by atoms with Gasteiger partial charge in [-0.15, -0.1) is 6.42 Å². The van der Waals surface area contributed by atoms with Crippen LogP contribution in [-0.4, -0.2) is 11.6 Å². The molecular weight excluding hydrogens is 178 g/mol. The Bertz CT molecular complexity index is 493. The molecule has 0 fully saturated rings. The Balaban J connectivity index is 2.36. The minimum atomic E-state index is 0.266. The molecule has 0 saturated heterocycles. The van der Waals surface area contributed by atoms with Crippen molar-refractivity contribution in [2.45, 2.75) is 6.92 Å². The molecule has 1 aromatic carbocycles. The molecule has 0 amide bonds. The van der Waals surface area contributed by atoms with Crippen LogP contribution in [-0.2, 0) is 0 Å². The first-order valence-electron chi connectivity index (χ1n) is 4.23. The molecule has 0 aliphatic heterocycles. The van der Waals surface area contributed by atoms with Gasteiger partial charge < -0.3 is 9.15 Å². The van der Waals surface area contributed by atoms with E-state index in [1.165, 1.54) is 0 Å². The summed E-state index contributed by atoms with van der Waals surface area (Å²) in [6.45, 7) is 2.07. The van der Waals surface area contributed by atoms with Gasteiger partial charge >= 0.3 is 0 Å². The lowest BCUT2D eigenvalue weighted by Crippen LogP contribution is -1.92. The average molecular weight is 187 g/mol. The molecule has 0 aliphatic rings. The minimum absolute atomic E-state index is 0.266. The van der Waals surface area contributed by atoms with E-state index >= 15 is 0 Å². The minimum Gasteiger partial charge on any atom is -0.481 e. The highest BCUT2D eigenvalue weighted by Crippen LogP contribution is 2.20. The van der Waals surface area contributed by atoms with Gasteiger partial charge in [-0.05, 0) is 12.1 Å². The normalized spacial score (nSPS) is 10.0. The molecule has 0 N–H and O–H groups in total. The van der Waals surface area contributed by atoms with Crippen LogP contribution in [0, 0.1) is 19.3 Å². The molecule has 0 bridgehead atoms. The molecule has 0 spiro atoms. The molecule has 70 valence electrons. The smallest absolute Gasteiger partial charge is 0.192 e. The number of benzene rings is 1. The van der Waals surface area contributed by atoms with Crippen molar-refractivity contribution >= 4 is 11.1 Å². The number of hydrogen-bond donors (Lipinski definition) is 0. The van der Waals surface area contributed by atoms with Crippen molar-refractivity contribution < 1.29 is 9.15 Å². The van der Waals surface area contributed by atoms with Gasteiger partial charge in [-0.2, -0.15) is 0 Å². The van der Waals surface area contributed by atoms with Crippen molar-refractivity contribution in [3.05, 3.63) is 24.1 Å². The maximum atomic E-state index is 5.32. The van der Waals surface area contributed by atoms with E-state index in [-0.39, 0.29) is 6.61 Å². The van der Waals surface area contributed by atoms with Gasteiger partial charge in [-0.25, -0.2) is 4.98 Å². The highest BCUT2D eigenvalue weighted by Gasteiger charge is 2.02. The lowest BCUT2D eigenvalue weighted by atomic mass is 10.3. The van der Waals surface area contributed by atoms with E-state index in [0.29, 0.717) is 11.6 Å².